The zero-order valence-corrected chi connectivity index (χ0v) is 15.7. The number of nitrogens with one attached hydrogen (secondary N) is 2. The summed E-state index contributed by atoms with van der Waals surface area (Å²) in [5.41, 5.74) is 1.29. The lowest BCUT2D eigenvalue weighted by atomic mass is 9.73. The Hall–Kier alpha value is -2.38. The van der Waals surface area contributed by atoms with Crippen LogP contribution in [-0.4, -0.2) is 58.0 Å². The molecule has 0 saturated carbocycles. The summed E-state index contributed by atoms with van der Waals surface area (Å²) in [6.07, 6.45) is 4.61. The van der Waals surface area contributed by atoms with Crippen molar-refractivity contribution >= 4 is 23.4 Å². The van der Waals surface area contributed by atoms with Gasteiger partial charge in [0.15, 0.2) is 0 Å². The molecule has 3 rings (SSSR count). The van der Waals surface area contributed by atoms with Gasteiger partial charge in [-0.2, -0.15) is 0 Å². The fraction of sp³-hybridized carbons (Fsp3) is 0.421. The van der Waals surface area contributed by atoms with E-state index in [1.807, 2.05) is 12.1 Å². The van der Waals surface area contributed by atoms with E-state index in [9.17, 15) is 9.59 Å². The van der Waals surface area contributed by atoms with Crippen molar-refractivity contribution in [2.75, 3.05) is 26.2 Å². The molecule has 2 heterocycles. The molecule has 2 aromatic rings. The highest BCUT2D eigenvalue weighted by molar-refractivity contribution is 6.30. The predicted octanol–water partition coefficient (Wildman–Crippen LogP) is 1.18. The van der Waals surface area contributed by atoms with Crippen LogP contribution in [0.5, 0.6) is 0 Å². The van der Waals surface area contributed by atoms with Crippen molar-refractivity contribution in [2.45, 2.75) is 19.3 Å². The normalized spacial score (nSPS) is 15.3. The number of imidazole rings is 1. The first-order chi connectivity index (χ1) is 13.0. The van der Waals surface area contributed by atoms with E-state index in [2.05, 4.69) is 15.3 Å². The molecule has 1 aliphatic heterocycles. The monoisotopic (exact) mass is 390 g/mol. The van der Waals surface area contributed by atoms with Crippen LogP contribution in [0.3, 0.4) is 0 Å². The zero-order chi connectivity index (χ0) is 19.3. The Bertz CT molecular complexity index is 771. The molecule has 0 unspecified atom stereocenters. The van der Waals surface area contributed by atoms with Gasteiger partial charge in [0.2, 0.25) is 11.8 Å². The van der Waals surface area contributed by atoms with Crippen LogP contribution < -0.4 is 5.32 Å². The Balaban J connectivity index is 1.65. The number of carbonyl (C=O) groups is 2. The SMILES string of the molecule is O=C(CCO)N1CC(Cc2ccc(Cl)cc2)(C(=O)NCCc2cnc[nH]2)C1. The molecule has 144 valence electrons. The third-order valence-electron chi connectivity index (χ3n) is 4.84. The number of hydrogen-bond acceptors (Lipinski definition) is 4. The number of carbonyl (C=O) groups excluding carboxylic acids is 2. The van der Waals surface area contributed by atoms with Crippen LogP contribution in [0.1, 0.15) is 17.7 Å². The summed E-state index contributed by atoms with van der Waals surface area (Å²) in [4.78, 5) is 33.5. The maximum absolute atomic E-state index is 12.9. The van der Waals surface area contributed by atoms with E-state index >= 15 is 0 Å². The summed E-state index contributed by atoms with van der Waals surface area (Å²) in [6.45, 7) is 1.01. The highest BCUT2D eigenvalue weighted by Crippen LogP contribution is 2.35. The minimum absolute atomic E-state index is 0.0648. The van der Waals surface area contributed by atoms with Crippen LogP contribution in [0.2, 0.25) is 5.02 Å². The lowest BCUT2D eigenvalue weighted by Crippen LogP contribution is -2.65. The third-order valence-corrected chi connectivity index (χ3v) is 5.09. The number of aromatic amines is 1. The first kappa shape index (κ1) is 19.4. The maximum Gasteiger partial charge on any atom is 0.230 e. The number of aliphatic hydroxyl groups excluding tert-OH is 1. The number of likely N-dealkylation sites (tertiary alicyclic amines) is 1. The number of aromatic nitrogens is 2. The highest BCUT2D eigenvalue weighted by Gasteiger charge is 2.50. The number of rotatable bonds is 8. The lowest BCUT2D eigenvalue weighted by Gasteiger charge is -2.49. The second kappa shape index (κ2) is 8.54. The Morgan fingerprint density at radius 1 is 1.30 bits per heavy atom. The minimum atomic E-state index is -0.660. The predicted molar refractivity (Wildman–Crippen MR) is 101 cm³/mol. The Kier molecular flexibility index (Phi) is 6.13. The topological polar surface area (TPSA) is 98.3 Å². The highest BCUT2D eigenvalue weighted by atomic mass is 35.5. The van der Waals surface area contributed by atoms with Crippen molar-refractivity contribution in [3.63, 3.8) is 0 Å². The van der Waals surface area contributed by atoms with Crippen LogP contribution in [0, 0.1) is 5.41 Å². The van der Waals surface area contributed by atoms with Crippen molar-refractivity contribution < 1.29 is 14.7 Å². The van der Waals surface area contributed by atoms with Gasteiger partial charge in [-0.1, -0.05) is 23.7 Å². The molecule has 7 nitrogen and oxygen atoms in total. The van der Waals surface area contributed by atoms with Gasteiger partial charge in [-0.15, -0.1) is 0 Å². The van der Waals surface area contributed by atoms with Crippen LogP contribution >= 0.6 is 11.6 Å². The standard InChI is InChI=1S/C19H23ClN4O3/c20-15-3-1-14(2-4-15)9-19(11-24(12-19)17(26)6-8-25)18(27)22-7-5-16-10-21-13-23-16/h1-4,10,13,25H,5-9,11-12H2,(H,21,23)(H,22,27). The van der Waals surface area contributed by atoms with Crippen LogP contribution in [0.15, 0.2) is 36.8 Å². The summed E-state index contributed by atoms with van der Waals surface area (Å²) in [7, 11) is 0. The number of H-pyrrole nitrogens is 1. The van der Waals surface area contributed by atoms with Gasteiger partial charge in [0.05, 0.1) is 18.3 Å². The smallest absolute Gasteiger partial charge is 0.230 e. The molecule has 27 heavy (non-hydrogen) atoms. The van der Waals surface area contributed by atoms with Gasteiger partial charge in [-0.05, 0) is 24.1 Å². The average Bonchev–Trinajstić information content (AvgIpc) is 3.13. The molecule has 0 aliphatic carbocycles. The first-order valence-corrected chi connectivity index (χ1v) is 9.29. The fourth-order valence-electron chi connectivity index (χ4n) is 3.36. The molecule has 3 N–H and O–H groups in total. The van der Waals surface area contributed by atoms with Crippen LogP contribution in [-0.2, 0) is 22.4 Å². The largest absolute Gasteiger partial charge is 0.396 e. The van der Waals surface area contributed by atoms with E-state index < -0.39 is 5.41 Å². The van der Waals surface area contributed by atoms with Gasteiger partial charge in [0, 0.05) is 49.4 Å². The number of benzene rings is 1. The van der Waals surface area contributed by atoms with E-state index in [-0.39, 0.29) is 24.8 Å². The van der Waals surface area contributed by atoms with Crippen molar-refractivity contribution in [3.8, 4) is 0 Å². The van der Waals surface area contributed by atoms with E-state index in [0.29, 0.717) is 37.5 Å². The fourth-order valence-corrected chi connectivity index (χ4v) is 3.49. The Labute approximate surface area is 162 Å². The van der Waals surface area contributed by atoms with E-state index in [0.717, 1.165) is 11.3 Å². The molecular formula is C19H23ClN4O3. The van der Waals surface area contributed by atoms with Crippen molar-refractivity contribution in [3.05, 3.63) is 53.1 Å². The zero-order valence-electron chi connectivity index (χ0n) is 14.9. The summed E-state index contributed by atoms with van der Waals surface area (Å²) < 4.78 is 0. The molecule has 0 atom stereocenters. The van der Waals surface area contributed by atoms with E-state index in [1.54, 1.807) is 29.6 Å². The molecule has 1 fully saturated rings. The van der Waals surface area contributed by atoms with Crippen molar-refractivity contribution in [1.29, 1.82) is 0 Å². The number of aliphatic hydroxyl groups is 1. The minimum Gasteiger partial charge on any atom is -0.396 e. The first-order valence-electron chi connectivity index (χ1n) is 8.91. The Morgan fingerprint density at radius 2 is 2.04 bits per heavy atom. The second-order valence-corrected chi connectivity index (χ2v) is 7.33. The molecule has 1 aromatic carbocycles. The summed E-state index contributed by atoms with van der Waals surface area (Å²) >= 11 is 5.95. The molecule has 0 radical (unpaired) electrons. The number of amides is 2. The molecule has 1 aromatic heterocycles. The van der Waals surface area contributed by atoms with E-state index in [1.165, 1.54) is 0 Å². The third kappa shape index (κ3) is 4.67. The molecule has 1 saturated heterocycles. The second-order valence-electron chi connectivity index (χ2n) is 6.89. The van der Waals surface area contributed by atoms with Crippen LogP contribution in [0.4, 0.5) is 0 Å². The lowest BCUT2D eigenvalue weighted by molar-refractivity contribution is -0.154. The molecule has 0 spiro atoms. The number of hydrogen-bond donors (Lipinski definition) is 3. The number of halogens is 1. The summed E-state index contributed by atoms with van der Waals surface area (Å²) in [5, 5.41) is 12.6. The van der Waals surface area contributed by atoms with Crippen LogP contribution in [0.25, 0.3) is 0 Å². The average molecular weight is 391 g/mol. The van der Waals surface area contributed by atoms with Gasteiger partial charge >= 0.3 is 0 Å². The van der Waals surface area contributed by atoms with Gasteiger partial charge in [-0.25, -0.2) is 4.98 Å². The van der Waals surface area contributed by atoms with Crippen molar-refractivity contribution in [2.24, 2.45) is 5.41 Å². The van der Waals surface area contributed by atoms with Gasteiger partial charge < -0.3 is 20.3 Å². The molecule has 8 heteroatoms. The maximum atomic E-state index is 12.9. The Morgan fingerprint density at radius 3 is 2.67 bits per heavy atom. The number of nitrogens with zero attached hydrogens (tertiary/aromatic N) is 2. The summed E-state index contributed by atoms with van der Waals surface area (Å²) in [5.74, 6) is -0.195. The molecular weight excluding hydrogens is 368 g/mol. The van der Waals surface area contributed by atoms with Crippen molar-refractivity contribution in [1.82, 2.24) is 20.2 Å². The summed E-state index contributed by atoms with van der Waals surface area (Å²) in [6, 6.07) is 7.41. The molecule has 2 amide bonds. The van der Waals surface area contributed by atoms with Gasteiger partial charge in [-0.3, -0.25) is 9.59 Å². The quantitative estimate of drug-likeness (QED) is 0.630. The van der Waals surface area contributed by atoms with E-state index in [4.69, 9.17) is 16.7 Å². The molecule has 1 aliphatic rings. The molecule has 0 bridgehead atoms. The van der Waals surface area contributed by atoms with Gasteiger partial charge in [0.1, 0.15) is 0 Å². The van der Waals surface area contributed by atoms with Gasteiger partial charge in [0.25, 0.3) is 0 Å².